The molecule has 7 nitrogen and oxygen atoms in total. The van der Waals surface area contributed by atoms with Crippen molar-refractivity contribution in [2.24, 2.45) is 0 Å². The van der Waals surface area contributed by atoms with Gasteiger partial charge < -0.3 is 15.2 Å². The average molecular weight is 716 g/mol. The summed E-state index contributed by atoms with van der Waals surface area (Å²) >= 11 is 0. The van der Waals surface area contributed by atoms with Gasteiger partial charge >= 0.3 is 11.9 Å². The molecule has 1 unspecified atom stereocenters. The number of aliphatic carboxylic acids is 1. The summed E-state index contributed by atoms with van der Waals surface area (Å²) in [5, 5.41) is 12.2. The summed E-state index contributed by atoms with van der Waals surface area (Å²) < 4.78 is 33.0. The number of amides is 1. The second-order valence-corrected chi connectivity index (χ2v) is 12.0. The number of carbonyl (C=O) groups is 4. The zero-order chi connectivity index (χ0) is 38.0. The van der Waals surface area contributed by atoms with Crippen molar-refractivity contribution >= 4 is 23.6 Å². The summed E-state index contributed by atoms with van der Waals surface area (Å²) in [6, 6.07) is 5.63. The van der Waals surface area contributed by atoms with Gasteiger partial charge in [0, 0.05) is 31.4 Å². The molecule has 0 fully saturated rings. The van der Waals surface area contributed by atoms with E-state index in [0.717, 1.165) is 51.5 Å². The second kappa shape index (κ2) is 25.7. The largest absolute Gasteiger partial charge is 0.480 e. The molecule has 0 saturated carbocycles. The van der Waals surface area contributed by atoms with Crippen LogP contribution in [-0.4, -0.2) is 34.8 Å². The summed E-state index contributed by atoms with van der Waals surface area (Å²) in [4.78, 5) is 49.1. The van der Waals surface area contributed by atoms with Crippen LogP contribution in [-0.2, 0) is 14.4 Å². The van der Waals surface area contributed by atoms with E-state index in [1.54, 1.807) is 0 Å². The van der Waals surface area contributed by atoms with Crippen molar-refractivity contribution < 1.29 is 37.8 Å². The first kappa shape index (κ1) is 43.0. The number of hydrogen-bond acceptors (Lipinski definition) is 5. The van der Waals surface area contributed by atoms with Crippen LogP contribution in [0.2, 0.25) is 0 Å². The third-order valence-corrected chi connectivity index (χ3v) is 7.71. The van der Waals surface area contributed by atoms with Crippen LogP contribution in [0.4, 0.5) is 8.78 Å². The van der Waals surface area contributed by atoms with E-state index < -0.39 is 35.5 Å². The Morgan fingerprint density at radius 1 is 0.750 bits per heavy atom. The van der Waals surface area contributed by atoms with E-state index in [-0.39, 0.29) is 34.6 Å². The Balaban J connectivity index is 1.71. The number of rotatable bonds is 24. The number of hydrogen-bond donors (Lipinski definition) is 2. The summed E-state index contributed by atoms with van der Waals surface area (Å²) in [6.45, 7) is 3.27. The third kappa shape index (κ3) is 18.2. The van der Waals surface area contributed by atoms with Crippen molar-refractivity contribution in [1.82, 2.24) is 5.32 Å². The Bertz CT molecular complexity index is 1640. The van der Waals surface area contributed by atoms with E-state index in [4.69, 9.17) is 4.74 Å². The van der Waals surface area contributed by atoms with E-state index in [1.807, 2.05) is 12.2 Å². The maximum absolute atomic E-state index is 14.4. The van der Waals surface area contributed by atoms with E-state index >= 15 is 0 Å². The molecule has 2 rings (SSSR count). The molecule has 0 aliphatic carbocycles. The maximum Gasteiger partial charge on any atom is 0.326 e. The molecule has 0 bridgehead atoms. The van der Waals surface area contributed by atoms with Crippen molar-refractivity contribution in [1.29, 1.82) is 0 Å². The van der Waals surface area contributed by atoms with Crippen LogP contribution in [0.15, 0.2) is 109 Å². The number of esters is 1. The highest BCUT2D eigenvalue weighted by atomic mass is 19.1. The average Bonchev–Trinajstić information content (AvgIpc) is 3.10. The Hall–Kier alpha value is -5.18. The zero-order valence-electron chi connectivity index (χ0n) is 30.2. The van der Waals surface area contributed by atoms with Gasteiger partial charge in [0.1, 0.15) is 29.2 Å². The molecule has 0 radical (unpaired) electrons. The van der Waals surface area contributed by atoms with Gasteiger partial charge in [-0.05, 0) is 87.6 Å². The highest BCUT2D eigenvalue weighted by Gasteiger charge is 2.24. The first-order valence-corrected chi connectivity index (χ1v) is 17.9. The summed E-state index contributed by atoms with van der Waals surface area (Å²) in [6.07, 6.45) is 33.4. The predicted molar refractivity (Wildman–Crippen MR) is 203 cm³/mol. The number of allylic oxidation sites excluding steroid dienone is 12. The summed E-state index contributed by atoms with van der Waals surface area (Å²) in [5.41, 5.74) is 0.0188. The van der Waals surface area contributed by atoms with Gasteiger partial charge in [-0.15, -0.1) is 0 Å². The molecule has 0 spiro atoms. The fourth-order valence-corrected chi connectivity index (χ4v) is 5.02. The summed E-state index contributed by atoms with van der Waals surface area (Å²) in [5.74, 6) is -4.53. The molecule has 1 atom stereocenters. The van der Waals surface area contributed by atoms with Crippen molar-refractivity contribution in [3.63, 3.8) is 0 Å². The molecular weight excluding hydrogens is 664 g/mol. The van der Waals surface area contributed by atoms with Crippen LogP contribution in [0.5, 0.6) is 5.75 Å². The zero-order valence-corrected chi connectivity index (χ0v) is 30.2. The molecule has 1 amide bonds. The topological polar surface area (TPSA) is 110 Å². The molecule has 2 aromatic rings. The minimum Gasteiger partial charge on any atom is -0.480 e. The minimum atomic E-state index is -1.28. The van der Waals surface area contributed by atoms with Crippen molar-refractivity contribution in [2.75, 3.05) is 0 Å². The quantitative estimate of drug-likeness (QED) is 0.0485. The lowest BCUT2D eigenvalue weighted by atomic mass is 10.0. The van der Waals surface area contributed by atoms with E-state index in [0.29, 0.717) is 38.2 Å². The number of Topliss-reactive ketones (excluding diaryl/α,β-unsaturated/α-hetero) is 1. The Labute approximate surface area is 306 Å². The van der Waals surface area contributed by atoms with Crippen LogP contribution in [0, 0.1) is 11.6 Å². The molecule has 0 aliphatic heterocycles. The second-order valence-electron chi connectivity index (χ2n) is 12.0. The van der Waals surface area contributed by atoms with Crippen LogP contribution < -0.4 is 10.1 Å². The monoisotopic (exact) mass is 715 g/mol. The van der Waals surface area contributed by atoms with Crippen molar-refractivity contribution in [2.45, 2.75) is 96.9 Å². The standard InChI is InChI=1S/C43H51F2NO6/c1-3-4-5-6-7-8-9-10-11-12-13-14-15-16-17-18-19-20-21-24-36(48)25-22-23-26-40(43(50)51)46-42(49)38-31-34(27-30-41(38)52-33(2)47)37-29-28-35(44)32-39(37)45/h4-5,7-8,10-11,13-14,16-17,19-20,27-32,40H,3,6,9,12,15,18,21-26H2,1-2H3,(H,46,49)(H,50,51)/b5-4-,8-7-,11-10-,14-13-,17-16-,20-19-. The van der Waals surface area contributed by atoms with Crippen LogP contribution >= 0.6 is 0 Å². The van der Waals surface area contributed by atoms with Gasteiger partial charge in [-0.25, -0.2) is 13.6 Å². The molecule has 2 aromatic carbocycles. The molecular formula is C43H51F2NO6. The van der Waals surface area contributed by atoms with Crippen LogP contribution in [0.3, 0.4) is 0 Å². The van der Waals surface area contributed by atoms with Crippen molar-refractivity contribution in [3.8, 4) is 16.9 Å². The molecule has 9 heteroatoms. The van der Waals surface area contributed by atoms with E-state index in [9.17, 15) is 33.1 Å². The van der Waals surface area contributed by atoms with Crippen molar-refractivity contribution in [3.05, 3.63) is 127 Å². The van der Waals surface area contributed by atoms with Crippen LogP contribution in [0.1, 0.15) is 101 Å². The van der Waals surface area contributed by atoms with Crippen LogP contribution in [0.25, 0.3) is 11.1 Å². The van der Waals surface area contributed by atoms with Gasteiger partial charge in [-0.3, -0.25) is 14.4 Å². The normalized spacial score (nSPS) is 12.6. The number of ketones is 1. The fourth-order valence-electron chi connectivity index (χ4n) is 5.02. The number of carboxylic acids is 1. The Kier molecular flexibility index (Phi) is 21.3. The molecule has 0 aromatic heterocycles. The third-order valence-electron chi connectivity index (χ3n) is 7.71. The SMILES string of the molecule is CC/C=C\C/C=C\C/C=C\C/C=C\C/C=C\C/C=C\CCC(=O)CCCCC(NC(=O)c1cc(-c2ccc(F)cc2F)ccc1OC(C)=O)C(=O)O. The smallest absolute Gasteiger partial charge is 0.326 e. The van der Waals surface area contributed by atoms with Gasteiger partial charge in [0.15, 0.2) is 0 Å². The highest BCUT2D eigenvalue weighted by Crippen LogP contribution is 2.29. The number of unbranched alkanes of at least 4 members (excludes halogenated alkanes) is 1. The molecule has 278 valence electrons. The first-order valence-electron chi connectivity index (χ1n) is 17.9. The van der Waals surface area contributed by atoms with E-state index in [2.05, 4.69) is 73.0 Å². The molecule has 0 saturated heterocycles. The van der Waals surface area contributed by atoms with Gasteiger partial charge in [0.25, 0.3) is 5.91 Å². The Morgan fingerprint density at radius 2 is 1.33 bits per heavy atom. The number of nitrogens with one attached hydrogen (secondary N) is 1. The fraction of sp³-hybridized carbons (Fsp3) is 0.349. The molecule has 0 heterocycles. The number of carboxylic acid groups (broad SMARTS) is 1. The van der Waals surface area contributed by atoms with Gasteiger partial charge in [0.2, 0.25) is 0 Å². The molecule has 2 N–H and O–H groups in total. The number of ether oxygens (including phenoxy) is 1. The van der Waals surface area contributed by atoms with E-state index in [1.165, 1.54) is 24.3 Å². The Morgan fingerprint density at radius 3 is 1.87 bits per heavy atom. The maximum atomic E-state index is 14.4. The molecule has 52 heavy (non-hydrogen) atoms. The minimum absolute atomic E-state index is 0.00471. The first-order chi connectivity index (χ1) is 25.1. The summed E-state index contributed by atoms with van der Waals surface area (Å²) in [7, 11) is 0. The number of benzene rings is 2. The molecule has 0 aliphatic rings. The lowest BCUT2D eigenvalue weighted by Gasteiger charge is -2.17. The lowest BCUT2D eigenvalue weighted by molar-refractivity contribution is -0.139. The van der Waals surface area contributed by atoms with Gasteiger partial charge in [-0.1, -0.05) is 92.3 Å². The van der Waals surface area contributed by atoms with Gasteiger partial charge in [-0.2, -0.15) is 0 Å². The van der Waals surface area contributed by atoms with Gasteiger partial charge in [0.05, 0.1) is 5.56 Å². The number of halogens is 2. The number of carbonyl (C=O) groups excluding carboxylic acids is 3. The highest BCUT2D eigenvalue weighted by molar-refractivity contribution is 6.00. The predicted octanol–water partition coefficient (Wildman–Crippen LogP) is 10.3. The lowest BCUT2D eigenvalue weighted by Crippen LogP contribution is -2.41.